The minimum Gasteiger partial charge on any atom is -0.480 e. The van der Waals surface area contributed by atoms with Crippen molar-refractivity contribution in [1.82, 2.24) is 26.6 Å². The molecular weight excluding hydrogens is 694 g/mol. The van der Waals surface area contributed by atoms with E-state index >= 15 is 0 Å². The van der Waals surface area contributed by atoms with Crippen LogP contribution < -0.4 is 26.6 Å². The molecule has 0 bridgehead atoms. The number of hydrogen-bond acceptors (Lipinski definition) is 8. The van der Waals surface area contributed by atoms with Crippen molar-refractivity contribution in [1.29, 1.82) is 0 Å². The monoisotopic (exact) mass is 753 g/mol. The van der Waals surface area contributed by atoms with Gasteiger partial charge in [-0.2, -0.15) is 0 Å². The van der Waals surface area contributed by atoms with E-state index in [0.29, 0.717) is 12.8 Å². The summed E-state index contributed by atoms with van der Waals surface area (Å²) in [6.07, 6.45) is -0.118. The Balaban J connectivity index is 2.23. The van der Waals surface area contributed by atoms with Crippen LogP contribution in [-0.4, -0.2) is 82.9 Å². The summed E-state index contributed by atoms with van der Waals surface area (Å²) >= 11 is 0. The summed E-state index contributed by atoms with van der Waals surface area (Å²) in [5.74, 6) is -3.30. The molecule has 14 nitrogen and oxygen atoms in total. The fourth-order valence-corrected chi connectivity index (χ4v) is 5.32. The first kappa shape index (κ1) is 45.0. The highest BCUT2D eigenvalue weighted by molar-refractivity contribution is 5.95. The van der Waals surface area contributed by atoms with Crippen LogP contribution in [0.15, 0.2) is 60.7 Å². The predicted molar refractivity (Wildman–Crippen MR) is 204 cm³/mol. The smallest absolute Gasteiger partial charge is 0.408 e. The van der Waals surface area contributed by atoms with Crippen molar-refractivity contribution >= 4 is 35.9 Å². The van der Waals surface area contributed by atoms with E-state index in [1.165, 1.54) is 0 Å². The second-order valence-electron chi connectivity index (χ2n) is 15.7. The van der Waals surface area contributed by atoms with Gasteiger partial charge in [0.1, 0.15) is 35.4 Å². The summed E-state index contributed by atoms with van der Waals surface area (Å²) in [5.41, 5.74) is 0.0215. The minimum absolute atomic E-state index is 0.0635. The van der Waals surface area contributed by atoms with Crippen molar-refractivity contribution in [3.63, 3.8) is 0 Å². The Morgan fingerprint density at radius 2 is 1.02 bits per heavy atom. The standard InChI is InChI=1S/C40H59N5O9/c1-26(2)23-30(33(46)42-29(36(49)50)21-15-16-22-41-37(51)53-39(3,4)5)43-34(47)31(24-27-17-11-9-12-18-27)44-35(48)32(25-28-19-13-10-14-20-28)45-38(52)54-40(6,7)8/h9-14,17-20,26,29-32H,15-16,21-25H2,1-8H3,(H,41,51)(H,42,46)(H,43,47)(H,44,48)(H,45,52)(H,49,50). The molecule has 5 amide bonds. The molecule has 14 heteroatoms. The van der Waals surface area contributed by atoms with Crippen LogP contribution in [0.1, 0.15) is 92.2 Å². The molecule has 0 saturated heterocycles. The molecule has 2 rings (SSSR count). The van der Waals surface area contributed by atoms with Crippen LogP contribution in [0.25, 0.3) is 0 Å². The number of alkyl carbamates (subject to hydrolysis) is 2. The van der Waals surface area contributed by atoms with Gasteiger partial charge in [0.05, 0.1) is 0 Å². The van der Waals surface area contributed by atoms with E-state index in [-0.39, 0.29) is 38.1 Å². The Labute approximate surface area is 318 Å². The molecule has 298 valence electrons. The van der Waals surface area contributed by atoms with Gasteiger partial charge in [-0.3, -0.25) is 14.4 Å². The highest BCUT2D eigenvalue weighted by Gasteiger charge is 2.32. The van der Waals surface area contributed by atoms with E-state index < -0.39 is 71.2 Å². The number of aliphatic carboxylic acids is 1. The number of carboxylic acid groups (broad SMARTS) is 1. The molecule has 0 aliphatic carbocycles. The van der Waals surface area contributed by atoms with Crippen molar-refractivity contribution in [2.24, 2.45) is 5.92 Å². The largest absolute Gasteiger partial charge is 0.480 e. The summed E-state index contributed by atoms with van der Waals surface area (Å²) in [6.45, 7) is 14.3. The van der Waals surface area contributed by atoms with Crippen molar-refractivity contribution in [3.8, 4) is 0 Å². The van der Waals surface area contributed by atoms with Crippen LogP contribution in [0.4, 0.5) is 9.59 Å². The SMILES string of the molecule is CC(C)CC(NC(=O)C(Cc1ccccc1)NC(=O)C(Cc1ccccc1)NC(=O)OC(C)(C)C)C(=O)NC(CCCCNC(=O)OC(C)(C)C)C(=O)O. The van der Waals surface area contributed by atoms with Gasteiger partial charge < -0.3 is 41.2 Å². The fraction of sp³-hybridized carbons (Fsp3) is 0.550. The number of nitrogens with one attached hydrogen (secondary N) is 5. The molecule has 0 fully saturated rings. The minimum atomic E-state index is -1.25. The van der Waals surface area contributed by atoms with E-state index in [0.717, 1.165) is 11.1 Å². The van der Waals surface area contributed by atoms with Gasteiger partial charge in [-0.15, -0.1) is 0 Å². The average Bonchev–Trinajstić information content (AvgIpc) is 3.05. The Kier molecular flexibility index (Phi) is 18.0. The van der Waals surface area contributed by atoms with E-state index in [1.807, 2.05) is 50.2 Å². The quantitative estimate of drug-likeness (QED) is 0.111. The highest BCUT2D eigenvalue weighted by Crippen LogP contribution is 2.13. The first-order valence-electron chi connectivity index (χ1n) is 18.4. The van der Waals surface area contributed by atoms with E-state index in [9.17, 15) is 33.9 Å². The van der Waals surface area contributed by atoms with Crippen molar-refractivity contribution in [3.05, 3.63) is 71.8 Å². The van der Waals surface area contributed by atoms with Gasteiger partial charge in [0, 0.05) is 19.4 Å². The zero-order chi connectivity index (χ0) is 40.5. The highest BCUT2D eigenvalue weighted by atomic mass is 16.6. The van der Waals surface area contributed by atoms with Crippen LogP contribution in [0.3, 0.4) is 0 Å². The molecule has 0 heterocycles. The number of rotatable bonds is 19. The van der Waals surface area contributed by atoms with E-state index in [1.54, 1.807) is 65.8 Å². The molecule has 0 aliphatic heterocycles. The number of unbranched alkanes of at least 4 members (excludes halogenated alkanes) is 1. The Morgan fingerprint density at radius 1 is 0.593 bits per heavy atom. The Morgan fingerprint density at radius 3 is 1.48 bits per heavy atom. The molecule has 54 heavy (non-hydrogen) atoms. The third kappa shape index (κ3) is 18.6. The lowest BCUT2D eigenvalue weighted by Crippen LogP contribution is -2.58. The second kappa shape index (κ2) is 21.5. The molecule has 6 N–H and O–H groups in total. The summed E-state index contributed by atoms with van der Waals surface area (Å²) < 4.78 is 10.6. The third-order valence-corrected chi connectivity index (χ3v) is 7.75. The van der Waals surface area contributed by atoms with Crippen molar-refractivity contribution in [2.75, 3.05) is 6.54 Å². The third-order valence-electron chi connectivity index (χ3n) is 7.75. The molecule has 0 saturated carbocycles. The predicted octanol–water partition coefficient (Wildman–Crippen LogP) is 4.65. The molecule has 4 atom stereocenters. The molecule has 0 radical (unpaired) electrons. The summed E-state index contributed by atoms with van der Waals surface area (Å²) in [4.78, 5) is 78.3. The Bertz CT molecular complexity index is 1520. The summed E-state index contributed by atoms with van der Waals surface area (Å²) in [6, 6.07) is 13.4. The average molecular weight is 754 g/mol. The normalized spacial score (nSPS) is 13.7. The van der Waals surface area contributed by atoms with Crippen LogP contribution in [0.2, 0.25) is 0 Å². The maximum absolute atomic E-state index is 14.0. The lowest BCUT2D eigenvalue weighted by Gasteiger charge is -2.27. The molecular formula is C40H59N5O9. The molecule has 2 aromatic carbocycles. The number of carbonyl (C=O) groups is 6. The van der Waals surface area contributed by atoms with Gasteiger partial charge in [0.25, 0.3) is 0 Å². The van der Waals surface area contributed by atoms with Crippen molar-refractivity contribution in [2.45, 2.75) is 129 Å². The van der Waals surface area contributed by atoms with Crippen LogP contribution in [-0.2, 0) is 41.5 Å². The Hall–Kier alpha value is -5.14. The van der Waals surface area contributed by atoms with E-state index in [4.69, 9.17) is 9.47 Å². The number of carboxylic acids is 1. The zero-order valence-corrected chi connectivity index (χ0v) is 32.8. The molecule has 0 aliphatic rings. The van der Waals surface area contributed by atoms with Gasteiger partial charge in [-0.1, -0.05) is 74.5 Å². The zero-order valence-electron chi connectivity index (χ0n) is 32.8. The fourth-order valence-electron chi connectivity index (χ4n) is 5.32. The summed E-state index contributed by atoms with van der Waals surface area (Å²) in [5, 5.41) is 23.3. The first-order valence-corrected chi connectivity index (χ1v) is 18.4. The topological polar surface area (TPSA) is 201 Å². The maximum atomic E-state index is 14.0. The number of hydrogen-bond donors (Lipinski definition) is 6. The lowest BCUT2D eigenvalue weighted by molar-refractivity contribution is -0.142. The lowest BCUT2D eigenvalue weighted by atomic mass is 9.99. The van der Waals surface area contributed by atoms with Gasteiger partial charge in [0.15, 0.2) is 0 Å². The van der Waals surface area contributed by atoms with Crippen LogP contribution in [0.5, 0.6) is 0 Å². The van der Waals surface area contributed by atoms with Gasteiger partial charge in [-0.25, -0.2) is 14.4 Å². The number of amides is 5. The number of ether oxygens (including phenoxy) is 2. The van der Waals surface area contributed by atoms with Crippen molar-refractivity contribution < 1.29 is 43.3 Å². The second-order valence-corrected chi connectivity index (χ2v) is 15.7. The van der Waals surface area contributed by atoms with Crippen LogP contribution >= 0.6 is 0 Å². The molecule has 0 spiro atoms. The number of carbonyl (C=O) groups excluding carboxylic acids is 5. The van der Waals surface area contributed by atoms with Gasteiger partial charge >= 0.3 is 18.2 Å². The molecule has 2 aromatic rings. The number of benzene rings is 2. The summed E-state index contributed by atoms with van der Waals surface area (Å²) in [7, 11) is 0. The van der Waals surface area contributed by atoms with E-state index in [2.05, 4.69) is 26.6 Å². The van der Waals surface area contributed by atoms with Gasteiger partial charge in [0.2, 0.25) is 17.7 Å². The maximum Gasteiger partial charge on any atom is 0.408 e. The van der Waals surface area contributed by atoms with Crippen LogP contribution in [0, 0.1) is 5.92 Å². The molecule has 4 unspecified atom stereocenters. The van der Waals surface area contributed by atoms with Gasteiger partial charge in [-0.05, 0) is 84.3 Å². The molecule has 0 aromatic heterocycles. The first-order chi connectivity index (χ1) is 25.2.